The highest BCUT2D eigenvalue weighted by molar-refractivity contribution is 6.02. The number of benzene rings is 3. The molecule has 7 aromatic rings. The van der Waals surface area contributed by atoms with Gasteiger partial charge in [-0.25, -0.2) is 9.97 Å². The van der Waals surface area contributed by atoms with E-state index < -0.39 is 0 Å². The number of pyridine rings is 2. The van der Waals surface area contributed by atoms with Crippen molar-refractivity contribution in [3.63, 3.8) is 0 Å². The van der Waals surface area contributed by atoms with Gasteiger partial charge in [-0.1, -0.05) is 42.5 Å². The van der Waals surface area contributed by atoms with Crippen LogP contribution in [0.15, 0.2) is 110 Å². The zero-order chi connectivity index (χ0) is 27.7. The van der Waals surface area contributed by atoms with E-state index in [2.05, 4.69) is 118 Å². The van der Waals surface area contributed by atoms with Crippen molar-refractivity contribution in [2.24, 2.45) is 14.1 Å². The molecule has 8 rings (SSSR count). The molecule has 1 aliphatic rings. The van der Waals surface area contributed by atoms with E-state index >= 15 is 0 Å². The molecule has 7 heteroatoms. The van der Waals surface area contributed by atoms with Crippen LogP contribution in [0.3, 0.4) is 0 Å². The fourth-order valence-electron chi connectivity index (χ4n) is 6.10. The van der Waals surface area contributed by atoms with Gasteiger partial charge >= 0.3 is 0 Å². The number of aryl methyl sites for hydroxylation is 2. The van der Waals surface area contributed by atoms with Crippen molar-refractivity contribution in [3.8, 4) is 22.5 Å². The highest BCUT2D eigenvalue weighted by Gasteiger charge is 2.31. The molecule has 198 valence electrons. The van der Waals surface area contributed by atoms with Gasteiger partial charge in [0.2, 0.25) is 0 Å². The molecule has 0 radical (unpaired) electrons. The van der Waals surface area contributed by atoms with Crippen molar-refractivity contribution < 1.29 is 0 Å². The summed E-state index contributed by atoms with van der Waals surface area (Å²) < 4.78 is 4.30. The van der Waals surface area contributed by atoms with Gasteiger partial charge in [0.25, 0.3) is 0 Å². The SMILES string of the molecule is CN1c2ccccc2N(c2cc3c(-c4ccccn4)cccc3n2C)c2nc(-c3cccc4c3ncn4C)ccc21. The molecule has 0 bridgehead atoms. The fraction of sp³-hybridized carbons (Fsp3) is 0.0882. The normalized spacial score (nSPS) is 12.7. The number of imidazole rings is 1. The second-order valence-electron chi connectivity index (χ2n) is 10.5. The maximum absolute atomic E-state index is 5.35. The number of anilines is 5. The van der Waals surface area contributed by atoms with Crippen molar-refractivity contribution in [2.75, 3.05) is 16.8 Å². The van der Waals surface area contributed by atoms with E-state index in [1.54, 1.807) is 0 Å². The van der Waals surface area contributed by atoms with Crippen LogP contribution in [0.4, 0.5) is 28.7 Å². The lowest BCUT2D eigenvalue weighted by molar-refractivity contribution is 0.934. The first-order valence-corrected chi connectivity index (χ1v) is 13.6. The highest BCUT2D eigenvalue weighted by Crippen LogP contribution is 2.51. The van der Waals surface area contributed by atoms with Crippen LogP contribution in [0.2, 0.25) is 0 Å². The molecule has 0 saturated heterocycles. The summed E-state index contributed by atoms with van der Waals surface area (Å²) in [4.78, 5) is 19.2. The van der Waals surface area contributed by atoms with E-state index in [1.165, 1.54) is 0 Å². The number of nitrogens with zero attached hydrogens (tertiary/aromatic N) is 7. The highest BCUT2D eigenvalue weighted by atomic mass is 15.3. The minimum atomic E-state index is 0.877. The van der Waals surface area contributed by atoms with Crippen LogP contribution in [-0.4, -0.2) is 31.1 Å². The van der Waals surface area contributed by atoms with Crippen molar-refractivity contribution in [1.82, 2.24) is 24.1 Å². The summed E-state index contributed by atoms with van der Waals surface area (Å²) in [5.41, 5.74) is 10.4. The maximum Gasteiger partial charge on any atom is 0.163 e. The van der Waals surface area contributed by atoms with E-state index in [0.717, 1.165) is 73.1 Å². The summed E-state index contributed by atoms with van der Waals surface area (Å²) in [6.07, 6.45) is 3.70. The van der Waals surface area contributed by atoms with Gasteiger partial charge in [0, 0.05) is 43.9 Å². The Hall–Kier alpha value is -5.43. The molecule has 4 aromatic heterocycles. The topological polar surface area (TPSA) is 55.0 Å². The zero-order valence-electron chi connectivity index (χ0n) is 23.0. The van der Waals surface area contributed by atoms with Crippen LogP contribution >= 0.6 is 0 Å². The van der Waals surface area contributed by atoms with Crippen LogP contribution in [0.1, 0.15) is 0 Å². The lowest BCUT2D eigenvalue weighted by atomic mass is 10.1. The van der Waals surface area contributed by atoms with E-state index in [1.807, 2.05) is 36.3 Å². The summed E-state index contributed by atoms with van der Waals surface area (Å²) in [6, 6.07) is 33.8. The van der Waals surface area contributed by atoms with Gasteiger partial charge in [0.05, 0.1) is 51.3 Å². The summed E-state index contributed by atoms with van der Waals surface area (Å²) in [7, 11) is 6.25. The molecule has 7 nitrogen and oxygen atoms in total. The molecule has 5 heterocycles. The largest absolute Gasteiger partial charge is 0.340 e. The molecule has 3 aromatic carbocycles. The third-order valence-electron chi connectivity index (χ3n) is 8.17. The summed E-state index contributed by atoms with van der Waals surface area (Å²) in [6.45, 7) is 0. The van der Waals surface area contributed by atoms with Gasteiger partial charge in [0.15, 0.2) is 5.82 Å². The Balaban J connectivity index is 1.38. The second kappa shape index (κ2) is 8.79. The molecular weight excluding hydrogens is 506 g/mol. The molecule has 0 aliphatic carbocycles. The van der Waals surface area contributed by atoms with Gasteiger partial charge in [-0.05, 0) is 54.6 Å². The fourth-order valence-corrected chi connectivity index (χ4v) is 6.10. The number of rotatable bonds is 3. The van der Waals surface area contributed by atoms with E-state index in [0.29, 0.717) is 0 Å². The summed E-state index contributed by atoms with van der Waals surface area (Å²) in [5, 5.41) is 1.15. The lowest BCUT2D eigenvalue weighted by Crippen LogP contribution is -2.26. The van der Waals surface area contributed by atoms with Gasteiger partial charge in [0.1, 0.15) is 5.82 Å². The van der Waals surface area contributed by atoms with Crippen LogP contribution in [-0.2, 0) is 14.1 Å². The summed E-state index contributed by atoms with van der Waals surface area (Å²) >= 11 is 0. The number of para-hydroxylation sites is 3. The Labute approximate surface area is 237 Å². The number of aromatic nitrogens is 5. The average Bonchev–Trinajstić information content (AvgIpc) is 3.57. The Kier molecular flexibility index (Phi) is 5.03. The molecule has 1 aliphatic heterocycles. The van der Waals surface area contributed by atoms with Crippen molar-refractivity contribution in [2.45, 2.75) is 0 Å². The minimum absolute atomic E-state index is 0.877. The molecule has 0 saturated carbocycles. The molecule has 0 spiro atoms. The van der Waals surface area contributed by atoms with E-state index in [4.69, 9.17) is 9.97 Å². The Morgan fingerprint density at radius 3 is 2.22 bits per heavy atom. The van der Waals surface area contributed by atoms with Gasteiger partial charge in [-0.15, -0.1) is 0 Å². The minimum Gasteiger partial charge on any atom is -0.340 e. The quantitative estimate of drug-likeness (QED) is 0.233. The van der Waals surface area contributed by atoms with Crippen LogP contribution in [0.25, 0.3) is 44.5 Å². The number of fused-ring (bicyclic) bond motifs is 4. The first-order valence-electron chi connectivity index (χ1n) is 13.6. The van der Waals surface area contributed by atoms with Gasteiger partial charge < -0.3 is 14.0 Å². The van der Waals surface area contributed by atoms with Crippen molar-refractivity contribution in [3.05, 3.63) is 110 Å². The number of hydrogen-bond acceptors (Lipinski definition) is 5. The monoisotopic (exact) mass is 533 g/mol. The third-order valence-corrected chi connectivity index (χ3v) is 8.17. The van der Waals surface area contributed by atoms with Crippen LogP contribution < -0.4 is 9.80 Å². The Bertz CT molecular complexity index is 2110. The standard InChI is InChI=1S/C34H27N7/c1-38-21-36-33-23(11-9-16-30(33)38)26-17-18-31-34(37-26)41(29-14-5-4-13-28(29)39(31)2)32-20-24-22(25-12-6-7-19-35-25)10-8-15-27(24)40(32)3/h4-21H,1-3H3. The van der Waals surface area contributed by atoms with Crippen molar-refractivity contribution >= 4 is 50.6 Å². The predicted molar refractivity (Wildman–Crippen MR) is 166 cm³/mol. The second-order valence-corrected chi connectivity index (χ2v) is 10.5. The lowest BCUT2D eigenvalue weighted by Gasteiger charge is -2.37. The Morgan fingerprint density at radius 2 is 1.39 bits per heavy atom. The molecule has 0 N–H and O–H groups in total. The average molecular weight is 534 g/mol. The first-order chi connectivity index (χ1) is 20.1. The molecule has 0 fully saturated rings. The molecular formula is C34H27N7. The molecule has 0 unspecified atom stereocenters. The predicted octanol–water partition coefficient (Wildman–Crippen LogP) is 7.74. The summed E-state index contributed by atoms with van der Waals surface area (Å²) in [5.74, 6) is 1.91. The Morgan fingerprint density at radius 1 is 0.610 bits per heavy atom. The smallest absolute Gasteiger partial charge is 0.163 e. The first kappa shape index (κ1) is 23.5. The number of hydrogen-bond donors (Lipinski definition) is 0. The van der Waals surface area contributed by atoms with Gasteiger partial charge in [-0.2, -0.15) is 0 Å². The molecule has 41 heavy (non-hydrogen) atoms. The third kappa shape index (κ3) is 3.42. The molecule has 0 atom stereocenters. The van der Waals surface area contributed by atoms with Gasteiger partial charge in [-0.3, -0.25) is 9.88 Å². The van der Waals surface area contributed by atoms with Crippen molar-refractivity contribution in [1.29, 1.82) is 0 Å². The van der Waals surface area contributed by atoms with Crippen LogP contribution in [0.5, 0.6) is 0 Å². The maximum atomic E-state index is 5.35. The van der Waals surface area contributed by atoms with Crippen LogP contribution in [0, 0.1) is 0 Å². The van der Waals surface area contributed by atoms with E-state index in [-0.39, 0.29) is 0 Å². The van der Waals surface area contributed by atoms with E-state index in [9.17, 15) is 0 Å². The molecule has 0 amide bonds. The zero-order valence-corrected chi connectivity index (χ0v) is 23.0.